The molecule has 1 saturated carbocycles. The van der Waals surface area contributed by atoms with E-state index in [-0.39, 0.29) is 6.03 Å². The standard InChI is InChI=1S/C9H17N5O/c10-14-12-7-3-6-11-9(15)13-8-4-1-2-5-8/h8H,1-7H2,(H2,11,13,15). The Morgan fingerprint density at radius 2 is 2.20 bits per heavy atom. The summed E-state index contributed by atoms with van der Waals surface area (Å²) in [5, 5.41) is 9.03. The van der Waals surface area contributed by atoms with E-state index in [0.29, 0.717) is 25.6 Å². The number of carbonyl (C=O) groups is 1. The van der Waals surface area contributed by atoms with E-state index in [0.717, 1.165) is 12.8 Å². The molecule has 0 spiro atoms. The van der Waals surface area contributed by atoms with Gasteiger partial charge in [0.2, 0.25) is 0 Å². The highest BCUT2D eigenvalue weighted by molar-refractivity contribution is 5.74. The third kappa shape index (κ3) is 5.12. The van der Waals surface area contributed by atoms with Crippen LogP contribution in [-0.4, -0.2) is 25.2 Å². The molecule has 0 aromatic carbocycles. The zero-order chi connectivity index (χ0) is 10.9. The Kier molecular flexibility index (Phi) is 5.40. The molecule has 0 radical (unpaired) electrons. The van der Waals surface area contributed by atoms with Crippen molar-refractivity contribution in [2.75, 3.05) is 13.1 Å². The minimum absolute atomic E-state index is 0.108. The van der Waals surface area contributed by atoms with Crippen LogP contribution in [0.1, 0.15) is 32.1 Å². The highest BCUT2D eigenvalue weighted by atomic mass is 16.2. The first-order valence-corrected chi connectivity index (χ1v) is 5.38. The summed E-state index contributed by atoms with van der Waals surface area (Å²) in [4.78, 5) is 13.9. The summed E-state index contributed by atoms with van der Waals surface area (Å²) in [5.74, 6) is 0. The Morgan fingerprint density at radius 1 is 1.47 bits per heavy atom. The second-order valence-corrected chi connectivity index (χ2v) is 3.69. The molecule has 0 aliphatic heterocycles. The summed E-state index contributed by atoms with van der Waals surface area (Å²) >= 11 is 0. The van der Waals surface area contributed by atoms with E-state index >= 15 is 0 Å². The van der Waals surface area contributed by atoms with Crippen LogP contribution in [0.5, 0.6) is 0 Å². The second kappa shape index (κ2) is 6.95. The van der Waals surface area contributed by atoms with Gasteiger partial charge in [-0.1, -0.05) is 18.0 Å². The van der Waals surface area contributed by atoms with Gasteiger partial charge in [0.05, 0.1) is 0 Å². The summed E-state index contributed by atoms with van der Waals surface area (Å²) in [6.45, 7) is 0.984. The van der Waals surface area contributed by atoms with E-state index in [9.17, 15) is 4.79 Å². The third-order valence-electron chi connectivity index (χ3n) is 2.47. The lowest BCUT2D eigenvalue weighted by Gasteiger charge is -2.12. The molecule has 6 nitrogen and oxygen atoms in total. The van der Waals surface area contributed by atoms with Crippen LogP contribution in [0.25, 0.3) is 10.4 Å². The fourth-order valence-corrected chi connectivity index (χ4v) is 1.70. The highest BCUT2D eigenvalue weighted by Gasteiger charge is 2.16. The van der Waals surface area contributed by atoms with Gasteiger partial charge < -0.3 is 10.6 Å². The molecular weight excluding hydrogens is 194 g/mol. The van der Waals surface area contributed by atoms with Crippen LogP contribution in [0, 0.1) is 0 Å². The predicted octanol–water partition coefficient (Wildman–Crippen LogP) is 1.93. The van der Waals surface area contributed by atoms with E-state index in [2.05, 4.69) is 20.7 Å². The van der Waals surface area contributed by atoms with Gasteiger partial charge in [0.15, 0.2) is 0 Å². The lowest BCUT2D eigenvalue weighted by molar-refractivity contribution is 0.237. The summed E-state index contributed by atoms with van der Waals surface area (Å²) < 4.78 is 0. The van der Waals surface area contributed by atoms with Crippen LogP contribution < -0.4 is 10.6 Å². The number of nitrogens with zero attached hydrogens (tertiary/aromatic N) is 3. The van der Waals surface area contributed by atoms with E-state index < -0.39 is 0 Å². The Bertz CT molecular complexity index is 243. The van der Waals surface area contributed by atoms with Crippen molar-refractivity contribution in [2.24, 2.45) is 5.11 Å². The molecule has 0 aromatic heterocycles. The summed E-state index contributed by atoms with van der Waals surface area (Å²) in [5.41, 5.74) is 8.02. The second-order valence-electron chi connectivity index (χ2n) is 3.69. The maximum absolute atomic E-state index is 11.3. The van der Waals surface area contributed by atoms with Crippen molar-refractivity contribution in [3.05, 3.63) is 10.4 Å². The summed E-state index contributed by atoms with van der Waals surface area (Å²) in [6.07, 6.45) is 5.28. The normalized spacial score (nSPS) is 15.7. The Morgan fingerprint density at radius 3 is 2.87 bits per heavy atom. The molecule has 15 heavy (non-hydrogen) atoms. The van der Waals surface area contributed by atoms with Crippen LogP contribution in [0.3, 0.4) is 0 Å². The average Bonchev–Trinajstić information content (AvgIpc) is 2.70. The SMILES string of the molecule is [N-]=[N+]=NCCCNC(=O)NC1CCCC1. The zero-order valence-electron chi connectivity index (χ0n) is 8.78. The van der Waals surface area contributed by atoms with Gasteiger partial charge in [-0.05, 0) is 24.8 Å². The molecule has 0 aromatic rings. The highest BCUT2D eigenvalue weighted by Crippen LogP contribution is 2.17. The van der Waals surface area contributed by atoms with Crippen molar-refractivity contribution in [1.29, 1.82) is 0 Å². The minimum atomic E-state index is -0.108. The number of azide groups is 1. The zero-order valence-corrected chi connectivity index (χ0v) is 8.78. The van der Waals surface area contributed by atoms with Gasteiger partial charge in [-0.15, -0.1) is 0 Å². The molecule has 1 fully saturated rings. The number of carbonyl (C=O) groups excluding carboxylic acids is 1. The molecule has 0 unspecified atom stereocenters. The molecule has 0 saturated heterocycles. The number of nitrogens with one attached hydrogen (secondary N) is 2. The molecule has 0 bridgehead atoms. The van der Waals surface area contributed by atoms with E-state index in [1.54, 1.807) is 0 Å². The van der Waals surface area contributed by atoms with Crippen LogP contribution in [0.4, 0.5) is 4.79 Å². The number of hydrogen-bond donors (Lipinski definition) is 2. The van der Waals surface area contributed by atoms with E-state index in [4.69, 9.17) is 5.53 Å². The number of hydrogen-bond acceptors (Lipinski definition) is 2. The Balaban J connectivity index is 2.00. The summed E-state index contributed by atoms with van der Waals surface area (Å²) in [6, 6.07) is 0.241. The third-order valence-corrected chi connectivity index (χ3v) is 2.47. The van der Waals surface area contributed by atoms with Crippen LogP contribution in [-0.2, 0) is 0 Å². The van der Waals surface area contributed by atoms with Crippen molar-refractivity contribution in [2.45, 2.75) is 38.1 Å². The van der Waals surface area contributed by atoms with Crippen LogP contribution in [0.15, 0.2) is 5.11 Å². The molecule has 1 aliphatic rings. The summed E-state index contributed by atoms with van der Waals surface area (Å²) in [7, 11) is 0. The number of amides is 2. The molecule has 1 rings (SSSR count). The van der Waals surface area contributed by atoms with Crippen molar-refractivity contribution >= 4 is 6.03 Å². The molecule has 2 amide bonds. The predicted molar refractivity (Wildman–Crippen MR) is 57.4 cm³/mol. The Hall–Kier alpha value is -1.42. The monoisotopic (exact) mass is 211 g/mol. The van der Waals surface area contributed by atoms with Gasteiger partial charge in [0, 0.05) is 24.0 Å². The molecule has 84 valence electrons. The first kappa shape index (κ1) is 11.7. The van der Waals surface area contributed by atoms with Crippen molar-refractivity contribution in [1.82, 2.24) is 10.6 Å². The van der Waals surface area contributed by atoms with Crippen molar-refractivity contribution < 1.29 is 4.79 Å². The number of urea groups is 1. The molecular formula is C9H17N5O. The van der Waals surface area contributed by atoms with Crippen molar-refractivity contribution in [3.8, 4) is 0 Å². The number of rotatable bonds is 5. The van der Waals surface area contributed by atoms with Crippen LogP contribution >= 0.6 is 0 Å². The molecule has 1 aliphatic carbocycles. The smallest absolute Gasteiger partial charge is 0.315 e. The quantitative estimate of drug-likeness (QED) is 0.309. The molecule has 6 heteroatoms. The molecule has 0 atom stereocenters. The van der Waals surface area contributed by atoms with Gasteiger partial charge in [-0.3, -0.25) is 0 Å². The fraction of sp³-hybridized carbons (Fsp3) is 0.889. The van der Waals surface area contributed by atoms with Gasteiger partial charge in [0.25, 0.3) is 0 Å². The minimum Gasteiger partial charge on any atom is -0.338 e. The topological polar surface area (TPSA) is 89.9 Å². The first-order valence-electron chi connectivity index (χ1n) is 5.38. The van der Waals surface area contributed by atoms with E-state index in [1.807, 2.05) is 0 Å². The maximum Gasteiger partial charge on any atom is 0.315 e. The molecule has 0 heterocycles. The first-order chi connectivity index (χ1) is 7.33. The Labute approximate surface area is 89.0 Å². The average molecular weight is 211 g/mol. The van der Waals surface area contributed by atoms with Gasteiger partial charge in [-0.25, -0.2) is 4.79 Å². The van der Waals surface area contributed by atoms with Gasteiger partial charge in [0.1, 0.15) is 0 Å². The lowest BCUT2D eigenvalue weighted by Crippen LogP contribution is -2.41. The van der Waals surface area contributed by atoms with Crippen molar-refractivity contribution in [3.63, 3.8) is 0 Å². The van der Waals surface area contributed by atoms with E-state index in [1.165, 1.54) is 12.8 Å². The fourth-order valence-electron chi connectivity index (χ4n) is 1.70. The van der Waals surface area contributed by atoms with Gasteiger partial charge in [-0.2, -0.15) is 0 Å². The largest absolute Gasteiger partial charge is 0.338 e. The lowest BCUT2D eigenvalue weighted by atomic mass is 10.2. The van der Waals surface area contributed by atoms with Crippen LogP contribution in [0.2, 0.25) is 0 Å². The van der Waals surface area contributed by atoms with Gasteiger partial charge >= 0.3 is 6.03 Å². The molecule has 2 N–H and O–H groups in total. The maximum atomic E-state index is 11.3.